The van der Waals surface area contributed by atoms with Gasteiger partial charge in [0.1, 0.15) is 0 Å². The molecule has 0 unspecified atom stereocenters. The van der Waals surface area contributed by atoms with Gasteiger partial charge < -0.3 is 4.74 Å². The number of hydrogen-bond acceptors (Lipinski definition) is 3. The second kappa shape index (κ2) is 9.74. The second-order valence-electron chi connectivity index (χ2n) is 7.34. The SMILES string of the molecule is CCCON1CCC[C@@H]1[C@H](CS(C)(c1ccccc1)c1ccccc1)OC. The molecule has 3 nitrogen and oxygen atoms in total. The maximum absolute atomic E-state index is 6.08. The third kappa shape index (κ3) is 4.75. The monoisotopic (exact) mass is 387 g/mol. The van der Waals surface area contributed by atoms with Gasteiger partial charge in [0.2, 0.25) is 0 Å². The Kier molecular flexibility index (Phi) is 7.36. The first-order chi connectivity index (χ1) is 13.2. The standard InChI is InChI=1S/C23H33NO2S/c1-4-18-26-24-17-11-16-22(24)23(25-2)19-27(3,20-12-7-5-8-13-20)21-14-9-6-10-15-21/h5-10,12-15,22-23H,4,11,16-19H2,1-3H3/t22-,23+/m1/s1. The molecule has 2 atom stereocenters. The Balaban J connectivity index is 1.89. The first-order valence-corrected chi connectivity index (χ1v) is 12.2. The van der Waals surface area contributed by atoms with Crippen molar-refractivity contribution in [3.63, 3.8) is 0 Å². The molecule has 0 amide bonds. The molecule has 27 heavy (non-hydrogen) atoms. The highest BCUT2D eigenvalue weighted by molar-refractivity contribution is 8.33. The summed E-state index contributed by atoms with van der Waals surface area (Å²) in [7, 11) is 0.662. The molecule has 0 bridgehead atoms. The molecule has 2 aromatic carbocycles. The van der Waals surface area contributed by atoms with Gasteiger partial charge >= 0.3 is 0 Å². The van der Waals surface area contributed by atoms with Crippen LogP contribution in [0.5, 0.6) is 0 Å². The van der Waals surface area contributed by atoms with Crippen molar-refractivity contribution in [2.24, 2.45) is 0 Å². The number of rotatable bonds is 9. The highest BCUT2D eigenvalue weighted by Gasteiger charge is 2.37. The van der Waals surface area contributed by atoms with Crippen LogP contribution in [0.3, 0.4) is 0 Å². The van der Waals surface area contributed by atoms with Gasteiger partial charge in [-0.1, -0.05) is 43.3 Å². The number of ether oxygens (including phenoxy) is 1. The summed E-state index contributed by atoms with van der Waals surface area (Å²) in [4.78, 5) is 8.86. The molecule has 1 aliphatic rings. The molecule has 1 saturated heterocycles. The average Bonchev–Trinajstić information content (AvgIpc) is 3.20. The minimum atomic E-state index is -1.20. The molecule has 0 aliphatic carbocycles. The van der Waals surface area contributed by atoms with Crippen LogP contribution in [0.25, 0.3) is 0 Å². The zero-order valence-corrected chi connectivity index (χ0v) is 17.7. The zero-order chi connectivity index (χ0) is 19.1. The van der Waals surface area contributed by atoms with E-state index in [1.165, 1.54) is 16.2 Å². The Labute approximate surface area is 165 Å². The number of methoxy groups -OCH3 is 1. The molecule has 0 spiro atoms. The predicted molar refractivity (Wildman–Crippen MR) is 115 cm³/mol. The fraction of sp³-hybridized carbons (Fsp3) is 0.478. The van der Waals surface area contributed by atoms with E-state index in [0.29, 0.717) is 6.04 Å². The van der Waals surface area contributed by atoms with Crippen molar-refractivity contribution in [2.75, 3.05) is 32.3 Å². The van der Waals surface area contributed by atoms with Gasteiger partial charge in [0.15, 0.2) is 0 Å². The Morgan fingerprint density at radius 2 is 1.63 bits per heavy atom. The number of benzene rings is 2. The quantitative estimate of drug-likeness (QED) is 0.578. The lowest BCUT2D eigenvalue weighted by molar-refractivity contribution is -0.187. The van der Waals surface area contributed by atoms with Crippen molar-refractivity contribution < 1.29 is 9.57 Å². The van der Waals surface area contributed by atoms with E-state index in [2.05, 4.69) is 78.9 Å². The van der Waals surface area contributed by atoms with Crippen molar-refractivity contribution >= 4 is 10.0 Å². The van der Waals surface area contributed by atoms with Gasteiger partial charge in [-0.05, 0) is 59.6 Å². The molecule has 1 heterocycles. The van der Waals surface area contributed by atoms with Gasteiger partial charge in [-0.25, -0.2) is 0 Å². The van der Waals surface area contributed by atoms with E-state index in [1.54, 1.807) is 0 Å². The van der Waals surface area contributed by atoms with E-state index in [1.807, 2.05) is 7.11 Å². The van der Waals surface area contributed by atoms with Gasteiger partial charge in [0, 0.05) is 19.4 Å². The molecule has 0 radical (unpaired) electrons. The van der Waals surface area contributed by atoms with Crippen molar-refractivity contribution in [1.29, 1.82) is 0 Å². The van der Waals surface area contributed by atoms with Crippen molar-refractivity contribution in [3.8, 4) is 0 Å². The molecular formula is C23H33NO2S. The minimum Gasteiger partial charge on any atom is -0.379 e. The van der Waals surface area contributed by atoms with E-state index < -0.39 is 10.0 Å². The van der Waals surface area contributed by atoms with Crippen molar-refractivity contribution in [2.45, 2.75) is 48.1 Å². The Bertz CT molecular complexity index is 640. The summed E-state index contributed by atoms with van der Waals surface area (Å²) < 4.78 is 6.08. The Hall–Kier alpha value is -1.33. The third-order valence-electron chi connectivity index (χ3n) is 5.47. The molecule has 1 fully saturated rings. The molecule has 0 aromatic heterocycles. The smallest absolute Gasteiger partial charge is 0.0831 e. The Morgan fingerprint density at radius 1 is 1.04 bits per heavy atom. The summed E-state index contributed by atoms with van der Waals surface area (Å²) in [5.74, 6) is 1.01. The lowest BCUT2D eigenvalue weighted by atomic mass is 10.1. The van der Waals surface area contributed by atoms with Crippen LogP contribution < -0.4 is 0 Å². The number of hydrogen-bond donors (Lipinski definition) is 0. The largest absolute Gasteiger partial charge is 0.379 e. The molecular weight excluding hydrogens is 354 g/mol. The first kappa shape index (κ1) is 20.4. The van der Waals surface area contributed by atoms with Crippen LogP contribution in [0.15, 0.2) is 70.5 Å². The number of hydroxylamine groups is 2. The molecule has 1 aliphatic heterocycles. The maximum Gasteiger partial charge on any atom is 0.0831 e. The van der Waals surface area contributed by atoms with E-state index in [9.17, 15) is 0 Å². The summed E-state index contributed by atoms with van der Waals surface area (Å²) in [6.45, 7) is 3.95. The highest BCUT2D eigenvalue weighted by atomic mass is 32.3. The number of nitrogens with zero attached hydrogens (tertiary/aromatic N) is 1. The van der Waals surface area contributed by atoms with E-state index >= 15 is 0 Å². The average molecular weight is 388 g/mol. The van der Waals surface area contributed by atoms with Crippen LogP contribution in [0.1, 0.15) is 26.2 Å². The van der Waals surface area contributed by atoms with Gasteiger partial charge in [-0.15, -0.1) is 0 Å². The van der Waals surface area contributed by atoms with E-state index in [4.69, 9.17) is 9.57 Å². The highest BCUT2D eigenvalue weighted by Crippen LogP contribution is 2.60. The molecule has 3 rings (SSSR count). The van der Waals surface area contributed by atoms with Crippen LogP contribution in [0.2, 0.25) is 0 Å². The summed E-state index contributed by atoms with van der Waals surface area (Å²) >= 11 is 0. The van der Waals surface area contributed by atoms with Crippen LogP contribution in [-0.2, 0) is 9.57 Å². The fourth-order valence-electron chi connectivity index (χ4n) is 3.94. The van der Waals surface area contributed by atoms with Gasteiger partial charge in [0.05, 0.1) is 18.8 Å². The predicted octanol–water partition coefficient (Wildman–Crippen LogP) is 5.36. The van der Waals surface area contributed by atoms with E-state index in [-0.39, 0.29) is 6.10 Å². The topological polar surface area (TPSA) is 21.7 Å². The zero-order valence-electron chi connectivity index (χ0n) is 16.8. The van der Waals surface area contributed by atoms with E-state index in [0.717, 1.165) is 31.7 Å². The lowest BCUT2D eigenvalue weighted by Crippen LogP contribution is -2.43. The van der Waals surface area contributed by atoms with Crippen LogP contribution in [0, 0.1) is 0 Å². The van der Waals surface area contributed by atoms with Gasteiger partial charge in [-0.2, -0.15) is 15.1 Å². The van der Waals surface area contributed by atoms with Crippen molar-refractivity contribution in [3.05, 3.63) is 60.7 Å². The Morgan fingerprint density at radius 3 is 2.15 bits per heavy atom. The van der Waals surface area contributed by atoms with Crippen LogP contribution >= 0.6 is 10.0 Å². The summed E-state index contributed by atoms with van der Waals surface area (Å²) in [5, 5.41) is 2.19. The molecule has 2 aromatic rings. The summed E-state index contributed by atoms with van der Waals surface area (Å²) in [6, 6.07) is 22.2. The molecule has 148 valence electrons. The molecule has 0 N–H and O–H groups in total. The van der Waals surface area contributed by atoms with Crippen molar-refractivity contribution in [1.82, 2.24) is 5.06 Å². The normalized spacial score (nSPS) is 19.9. The fourth-order valence-corrected chi connectivity index (χ4v) is 7.13. The second-order valence-corrected chi connectivity index (χ2v) is 10.8. The molecule has 0 saturated carbocycles. The minimum absolute atomic E-state index is 0.157. The van der Waals surface area contributed by atoms with Crippen LogP contribution in [0.4, 0.5) is 0 Å². The maximum atomic E-state index is 6.08. The summed E-state index contributed by atoms with van der Waals surface area (Å²) in [5.41, 5.74) is 0. The van der Waals surface area contributed by atoms with Crippen LogP contribution in [-0.4, -0.2) is 49.5 Å². The van der Waals surface area contributed by atoms with Gasteiger partial charge in [0.25, 0.3) is 0 Å². The summed E-state index contributed by atoms with van der Waals surface area (Å²) in [6.07, 6.45) is 5.94. The lowest BCUT2D eigenvalue weighted by Gasteiger charge is -2.42. The van der Waals surface area contributed by atoms with Gasteiger partial charge in [-0.3, -0.25) is 4.84 Å². The third-order valence-corrected chi connectivity index (χ3v) is 9.09. The first-order valence-electron chi connectivity index (χ1n) is 9.97. The molecule has 4 heteroatoms.